The summed E-state index contributed by atoms with van der Waals surface area (Å²) in [4.78, 5) is 0. The van der Waals surface area contributed by atoms with Gasteiger partial charge in [0.05, 0.1) is 12.3 Å². The van der Waals surface area contributed by atoms with Crippen molar-refractivity contribution in [1.29, 1.82) is 0 Å². The van der Waals surface area contributed by atoms with Gasteiger partial charge < -0.3 is 15.2 Å². The van der Waals surface area contributed by atoms with Gasteiger partial charge in [0.25, 0.3) is 0 Å². The molecule has 0 atom stereocenters. The number of hydrogen-bond donors (Lipinski definition) is 1. The summed E-state index contributed by atoms with van der Waals surface area (Å²) in [6.45, 7) is 5.56. The maximum absolute atomic E-state index is 5.77. The molecule has 0 unspecified atom stereocenters. The first-order valence-electron chi connectivity index (χ1n) is 4.66. The largest absolute Gasteiger partial charge is 0.474 e. The van der Waals surface area contributed by atoms with E-state index in [0.29, 0.717) is 31.4 Å². The zero-order chi connectivity index (χ0) is 10.6. The van der Waals surface area contributed by atoms with E-state index in [0.717, 1.165) is 5.69 Å². The molecule has 0 aliphatic carbocycles. The molecule has 0 aliphatic rings. The Kier molecular flexibility index (Phi) is 3.76. The molecule has 0 saturated carbocycles. The summed E-state index contributed by atoms with van der Waals surface area (Å²) in [5.74, 6) is 0.613. The van der Waals surface area contributed by atoms with Crippen LogP contribution in [-0.2, 0) is 11.8 Å². The molecule has 0 aromatic carbocycles. The Balaban J connectivity index is 2.49. The van der Waals surface area contributed by atoms with Gasteiger partial charge in [-0.1, -0.05) is 0 Å². The Labute approximate surface area is 83.8 Å². The van der Waals surface area contributed by atoms with Crippen molar-refractivity contribution in [3.05, 3.63) is 5.69 Å². The first-order valence-corrected chi connectivity index (χ1v) is 4.66. The normalized spacial score (nSPS) is 10.5. The van der Waals surface area contributed by atoms with Crippen LogP contribution < -0.4 is 10.5 Å². The molecule has 1 aromatic rings. The molecule has 0 amide bonds. The van der Waals surface area contributed by atoms with Crippen molar-refractivity contribution in [3.63, 3.8) is 0 Å². The lowest BCUT2D eigenvalue weighted by Crippen LogP contribution is -2.09. The fraction of sp³-hybridized carbons (Fsp3) is 0.667. The molecule has 1 rings (SSSR count). The maximum atomic E-state index is 5.77. The number of ether oxygens (including phenoxy) is 2. The summed E-state index contributed by atoms with van der Waals surface area (Å²) in [5.41, 5.74) is 7.16. The Morgan fingerprint density at radius 1 is 1.43 bits per heavy atom. The number of anilines is 1. The van der Waals surface area contributed by atoms with Crippen molar-refractivity contribution in [2.24, 2.45) is 7.05 Å². The number of nitrogens with two attached hydrogens (primary N) is 1. The molecule has 1 heterocycles. The number of nitrogen functional groups attached to an aromatic ring is 1. The van der Waals surface area contributed by atoms with E-state index in [9.17, 15) is 0 Å². The van der Waals surface area contributed by atoms with E-state index in [1.54, 1.807) is 11.7 Å². The molecule has 0 aliphatic heterocycles. The minimum absolute atomic E-state index is 0.497. The molecule has 0 fully saturated rings. The van der Waals surface area contributed by atoms with Crippen molar-refractivity contribution in [2.45, 2.75) is 13.8 Å². The van der Waals surface area contributed by atoms with E-state index in [-0.39, 0.29) is 0 Å². The van der Waals surface area contributed by atoms with Crippen molar-refractivity contribution in [2.75, 3.05) is 25.6 Å². The van der Waals surface area contributed by atoms with Crippen LogP contribution >= 0.6 is 0 Å². The van der Waals surface area contributed by atoms with Gasteiger partial charge in [-0.15, -0.1) is 0 Å². The summed E-state index contributed by atoms with van der Waals surface area (Å²) in [7, 11) is 1.80. The molecule has 80 valence electrons. The quantitative estimate of drug-likeness (QED) is 0.710. The highest BCUT2D eigenvalue weighted by Gasteiger charge is 2.10. The van der Waals surface area contributed by atoms with Crippen LogP contribution in [0.25, 0.3) is 0 Å². The fourth-order valence-corrected chi connectivity index (χ4v) is 1.17. The SMILES string of the molecule is CCOCCOc1c(N)c(C)nn1C. The highest BCUT2D eigenvalue weighted by atomic mass is 16.5. The Morgan fingerprint density at radius 3 is 2.64 bits per heavy atom. The number of aryl methyl sites for hydroxylation is 2. The van der Waals surface area contributed by atoms with E-state index in [1.165, 1.54) is 0 Å². The summed E-state index contributed by atoms with van der Waals surface area (Å²) in [5, 5.41) is 4.14. The van der Waals surface area contributed by atoms with Gasteiger partial charge in [0.1, 0.15) is 12.3 Å². The van der Waals surface area contributed by atoms with Gasteiger partial charge in [-0.3, -0.25) is 0 Å². The van der Waals surface area contributed by atoms with Gasteiger partial charge in [-0.05, 0) is 13.8 Å². The van der Waals surface area contributed by atoms with Crippen LogP contribution in [0.15, 0.2) is 0 Å². The van der Waals surface area contributed by atoms with Crippen LogP contribution in [-0.4, -0.2) is 29.6 Å². The molecule has 0 bridgehead atoms. The topological polar surface area (TPSA) is 62.3 Å². The van der Waals surface area contributed by atoms with Gasteiger partial charge >= 0.3 is 0 Å². The summed E-state index contributed by atoms with van der Waals surface area (Å²) >= 11 is 0. The van der Waals surface area contributed by atoms with E-state index in [4.69, 9.17) is 15.2 Å². The predicted molar refractivity (Wildman–Crippen MR) is 54.3 cm³/mol. The molecular formula is C9H17N3O2. The Morgan fingerprint density at radius 2 is 2.14 bits per heavy atom. The molecule has 2 N–H and O–H groups in total. The minimum atomic E-state index is 0.497. The van der Waals surface area contributed by atoms with Crippen molar-refractivity contribution >= 4 is 5.69 Å². The lowest BCUT2D eigenvalue weighted by Gasteiger charge is -2.06. The zero-order valence-electron chi connectivity index (χ0n) is 8.91. The summed E-state index contributed by atoms with van der Waals surface area (Å²) < 4.78 is 12.2. The first kappa shape index (κ1) is 10.8. The third-order valence-corrected chi connectivity index (χ3v) is 1.88. The molecule has 5 heteroatoms. The molecule has 0 radical (unpaired) electrons. The molecule has 14 heavy (non-hydrogen) atoms. The highest BCUT2D eigenvalue weighted by Crippen LogP contribution is 2.23. The summed E-state index contributed by atoms with van der Waals surface area (Å²) in [6, 6.07) is 0. The summed E-state index contributed by atoms with van der Waals surface area (Å²) in [6.07, 6.45) is 0. The highest BCUT2D eigenvalue weighted by molar-refractivity contribution is 5.52. The lowest BCUT2D eigenvalue weighted by atomic mass is 10.4. The number of nitrogens with zero attached hydrogens (tertiary/aromatic N) is 2. The third-order valence-electron chi connectivity index (χ3n) is 1.88. The average molecular weight is 199 g/mol. The second-order valence-electron chi connectivity index (χ2n) is 2.97. The average Bonchev–Trinajstić information content (AvgIpc) is 2.38. The van der Waals surface area contributed by atoms with Gasteiger partial charge in [-0.25, -0.2) is 4.68 Å². The smallest absolute Gasteiger partial charge is 0.235 e. The zero-order valence-corrected chi connectivity index (χ0v) is 8.91. The van der Waals surface area contributed by atoms with Crippen molar-refractivity contribution < 1.29 is 9.47 Å². The van der Waals surface area contributed by atoms with Crippen LogP contribution in [0.5, 0.6) is 5.88 Å². The van der Waals surface area contributed by atoms with Crippen LogP contribution in [0.3, 0.4) is 0 Å². The van der Waals surface area contributed by atoms with E-state index in [1.807, 2.05) is 13.8 Å². The Hall–Kier alpha value is -1.23. The van der Waals surface area contributed by atoms with Crippen molar-refractivity contribution in [1.82, 2.24) is 9.78 Å². The van der Waals surface area contributed by atoms with Crippen LogP contribution in [0, 0.1) is 6.92 Å². The van der Waals surface area contributed by atoms with Gasteiger partial charge in [-0.2, -0.15) is 5.10 Å². The van der Waals surface area contributed by atoms with Gasteiger partial charge in [0.15, 0.2) is 0 Å². The standard InChI is InChI=1S/C9H17N3O2/c1-4-13-5-6-14-9-8(10)7(2)11-12(9)3/h4-6,10H2,1-3H3. The molecule has 5 nitrogen and oxygen atoms in total. The first-order chi connectivity index (χ1) is 6.66. The van der Waals surface area contributed by atoms with Crippen molar-refractivity contribution in [3.8, 4) is 5.88 Å². The van der Waals surface area contributed by atoms with Crippen LogP contribution in [0.1, 0.15) is 12.6 Å². The van der Waals surface area contributed by atoms with E-state index >= 15 is 0 Å². The molecule has 0 saturated heterocycles. The molecule has 0 spiro atoms. The lowest BCUT2D eigenvalue weighted by molar-refractivity contribution is 0.107. The maximum Gasteiger partial charge on any atom is 0.235 e. The van der Waals surface area contributed by atoms with Crippen LogP contribution in [0.4, 0.5) is 5.69 Å². The second kappa shape index (κ2) is 4.85. The second-order valence-corrected chi connectivity index (χ2v) is 2.97. The van der Waals surface area contributed by atoms with E-state index in [2.05, 4.69) is 5.10 Å². The fourth-order valence-electron chi connectivity index (χ4n) is 1.17. The number of rotatable bonds is 5. The third kappa shape index (κ3) is 2.38. The Bertz CT molecular complexity index is 296. The van der Waals surface area contributed by atoms with Crippen LogP contribution in [0.2, 0.25) is 0 Å². The number of aromatic nitrogens is 2. The monoisotopic (exact) mass is 199 g/mol. The predicted octanol–water partition coefficient (Wildman–Crippen LogP) is 0.726. The molecule has 1 aromatic heterocycles. The van der Waals surface area contributed by atoms with Gasteiger partial charge in [0, 0.05) is 13.7 Å². The molecular weight excluding hydrogens is 182 g/mol. The van der Waals surface area contributed by atoms with Gasteiger partial charge in [0.2, 0.25) is 5.88 Å². The van der Waals surface area contributed by atoms with E-state index < -0.39 is 0 Å². The number of hydrogen-bond acceptors (Lipinski definition) is 4. The minimum Gasteiger partial charge on any atom is -0.474 e.